The number of benzene rings is 2. The molecule has 2 aromatic carbocycles. The summed E-state index contributed by atoms with van der Waals surface area (Å²) in [7, 11) is 1.57. The van der Waals surface area contributed by atoms with Gasteiger partial charge in [0.05, 0.1) is 12.8 Å². The van der Waals surface area contributed by atoms with E-state index in [2.05, 4.69) is 10.4 Å². The molecule has 2 amide bonds. The van der Waals surface area contributed by atoms with Crippen LogP contribution in [0.3, 0.4) is 0 Å². The molecule has 3 aromatic rings. The van der Waals surface area contributed by atoms with Crippen molar-refractivity contribution in [3.8, 4) is 11.4 Å². The Morgan fingerprint density at radius 3 is 2.40 bits per heavy atom. The number of hydrogen-bond acceptors (Lipinski definition) is 6. The van der Waals surface area contributed by atoms with Crippen LogP contribution in [0.5, 0.6) is 5.75 Å². The second-order valence-electron chi connectivity index (χ2n) is 8.18. The summed E-state index contributed by atoms with van der Waals surface area (Å²) in [6.45, 7) is 1.05. The molecule has 0 atom stereocenters. The van der Waals surface area contributed by atoms with Crippen LogP contribution in [0.15, 0.2) is 48.5 Å². The Kier molecular flexibility index (Phi) is 7.00. The number of nitrogens with zero attached hydrogens (tertiary/aromatic N) is 3. The molecule has 4 N–H and O–H groups in total. The van der Waals surface area contributed by atoms with Crippen molar-refractivity contribution in [3.63, 3.8) is 0 Å². The third-order valence-corrected chi connectivity index (χ3v) is 5.89. The number of aromatic nitrogens is 2. The number of carbonyl (C=O) groups excluding carboxylic acids is 2. The van der Waals surface area contributed by atoms with Crippen molar-refractivity contribution in [1.29, 1.82) is 0 Å². The largest absolute Gasteiger partial charge is 0.497 e. The van der Waals surface area contributed by atoms with Crippen molar-refractivity contribution in [2.75, 3.05) is 30.4 Å². The number of anilines is 2. The molecule has 1 aliphatic heterocycles. The highest BCUT2D eigenvalue weighted by Gasteiger charge is 2.34. The number of aliphatic carboxylic acids is 1. The lowest BCUT2D eigenvalue weighted by molar-refractivity contribution is -0.137. The Labute approximate surface area is 202 Å². The fourth-order valence-electron chi connectivity index (χ4n) is 4.11. The van der Waals surface area contributed by atoms with Gasteiger partial charge in [0.2, 0.25) is 0 Å². The summed E-state index contributed by atoms with van der Waals surface area (Å²) in [5.74, 6) is -1.07. The molecule has 0 aliphatic carbocycles. The third kappa shape index (κ3) is 5.11. The standard InChI is InChI=1S/C25H27N5O5/c1-35-19-11-9-18(10-12-19)30-23-20(22(28-30)24(26)33)13-15-29(25(23)34)17-7-5-16(6-8-17)27-14-3-2-4-21(31)32/h5-12,27H,2-4,13-15H2,1H3,(H2,26,33)(H,31,32). The molecule has 35 heavy (non-hydrogen) atoms. The molecule has 0 radical (unpaired) electrons. The van der Waals surface area contributed by atoms with Crippen LogP contribution >= 0.6 is 0 Å². The first-order valence-corrected chi connectivity index (χ1v) is 11.3. The van der Waals surface area contributed by atoms with Gasteiger partial charge in [-0.1, -0.05) is 0 Å². The van der Waals surface area contributed by atoms with Gasteiger partial charge in [-0.2, -0.15) is 5.10 Å². The predicted octanol–water partition coefficient (Wildman–Crippen LogP) is 2.85. The molecular formula is C25H27N5O5. The fraction of sp³-hybridized carbons (Fsp3) is 0.280. The summed E-state index contributed by atoms with van der Waals surface area (Å²) in [6, 6.07) is 14.5. The minimum absolute atomic E-state index is 0.103. The van der Waals surface area contributed by atoms with Gasteiger partial charge in [-0.25, -0.2) is 4.68 Å². The lowest BCUT2D eigenvalue weighted by Gasteiger charge is -2.28. The minimum atomic E-state index is -0.792. The van der Waals surface area contributed by atoms with Crippen LogP contribution in [-0.2, 0) is 11.2 Å². The summed E-state index contributed by atoms with van der Waals surface area (Å²) in [5, 5.41) is 16.3. The number of carboxylic acid groups (broad SMARTS) is 1. The Bertz CT molecular complexity index is 1230. The second kappa shape index (κ2) is 10.3. The highest BCUT2D eigenvalue weighted by molar-refractivity contribution is 6.09. The maximum atomic E-state index is 13.6. The minimum Gasteiger partial charge on any atom is -0.497 e. The van der Waals surface area contributed by atoms with Crippen molar-refractivity contribution in [3.05, 3.63) is 65.5 Å². The molecule has 0 saturated heterocycles. The monoisotopic (exact) mass is 477 g/mol. The second-order valence-corrected chi connectivity index (χ2v) is 8.18. The molecular weight excluding hydrogens is 450 g/mol. The van der Waals surface area contributed by atoms with Crippen LogP contribution in [0.2, 0.25) is 0 Å². The molecule has 1 aromatic heterocycles. The van der Waals surface area contributed by atoms with E-state index in [-0.39, 0.29) is 18.0 Å². The molecule has 0 fully saturated rings. The normalized spacial score (nSPS) is 12.8. The van der Waals surface area contributed by atoms with Gasteiger partial charge in [0.25, 0.3) is 11.8 Å². The summed E-state index contributed by atoms with van der Waals surface area (Å²) < 4.78 is 6.67. The zero-order chi connectivity index (χ0) is 24.9. The summed E-state index contributed by atoms with van der Waals surface area (Å²) in [4.78, 5) is 37.9. The van der Waals surface area contributed by atoms with Gasteiger partial charge >= 0.3 is 5.97 Å². The molecule has 10 heteroatoms. The molecule has 0 unspecified atom stereocenters. The highest BCUT2D eigenvalue weighted by atomic mass is 16.5. The van der Waals surface area contributed by atoms with Gasteiger partial charge in [-0.15, -0.1) is 0 Å². The quantitative estimate of drug-likeness (QED) is 0.382. The molecule has 0 saturated carbocycles. The number of hydrogen-bond donors (Lipinski definition) is 3. The van der Waals surface area contributed by atoms with Crippen LogP contribution < -0.4 is 20.7 Å². The smallest absolute Gasteiger partial charge is 0.303 e. The number of carbonyl (C=O) groups is 3. The number of unbranched alkanes of at least 4 members (excludes halogenated alkanes) is 1. The summed E-state index contributed by atoms with van der Waals surface area (Å²) in [5.41, 5.74) is 8.75. The zero-order valence-electron chi connectivity index (χ0n) is 19.4. The molecule has 1 aliphatic rings. The Morgan fingerprint density at radius 2 is 1.77 bits per heavy atom. The topological polar surface area (TPSA) is 140 Å². The van der Waals surface area contributed by atoms with E-state index < -0.39 is 11.9 Å². The number of rotatable bonds is 10. The maximum Gasteiger partial charge on any atom is 0.303 e. The summed E-state index contributed by atoms with van der Waals surface area (Å²) in [6.07, 6.45) is 1.96. The number of methoxy groups -OCH3 is 1. The van der Waals surface area contributed by atoms with Crippen LogP contribution in [-0.4, -0.2) is 52.9 Å². The molecule has 4 rings (SSSR count). The molecule has 0 spiro atoms. The van der Waals surface area contributed by atoms with Crippen LogP contribution in [0.25, 0.3) is 5.69 Å². The van der Waals surface area contributed by atoms with Crippen molar-refractivity contribution in [2.45, 2.75) is 25.7 Å². The first kappa shape index (κ1) is 23.8. The summed E-state index contributed by atoms with van der Waals surface area (Å²) >= 11 is 0. The van der Waals surface area contributed by atoms with E-state index in [1.807, 2.05) is 24.3 Å². The Hall–Kier alpha value is -4.34. The molecule has 0 bridgehead atoms. The SMILES string of the molecule is COc1ccc(-n2nc(C(N)=O)c3c2C(=O)N(c2ccc(NCCCCC(=O)O)cc2)CC3)cc1. The highest BCUT2D eigenvalue weighted by Crippen LogP contribution is 2.30. The number of carboxylic acids is 1. The van der Waals surface area contributed by atoms with Gasteiger partial charge in [-0.3, -0.25) is 14.4 Å². The first-order valence-electron chi connectivity index (χ1n) is 11.3. The van der Waals surface area contributed by atoms with Crippen molar-refractivity contribution in [1.82, 2.24) is 9.78 Å². The number of fused-ring (bicyclic) bond motifs is 1. The first-order chi connectivity index (χ1) is 16.9. The Morgan fingerprint density at radius 1 is 1.09 bits per heavy atom. The average Bonchev–Trinajstić information content (AvgIpc) is 3.25. The Balaban J connectivity index is 1.55. The predicted molar refractivity (Wildman–Crippen MR) is 130 cm³/mol. The van der Waals surface area contributed by atoms with E-state index in [1.54, 1.807) is 36.3 Å². The van der Waals surface area contributed by atoms with Gasteiger partial charge < -0.3 is 25.8 Å². The number of ether oxygens (including phenoxy) is 1. The molecule has 182 valence electrons. The van der Waals surface area contributed by atoms with Gasteiger partial charge in [-0.05, 0) is 67.8 Å². The number of amides is 2. The van der Waals surface area contributed by atoms with Crippen molar-refractivity contribution >= 4 is 29.2 Å². The fourth-order valence-corrected chi connectivity index (χ4v) is 4.11. The van der Waals surface area contributed by atoms with Crippen molar-refractivity contribution < 1.29 is 24.2 Å². The number of primary amides is 1. The van der Waals surface area contributed by atoms with E-state index >= 15 is 0 Å². The van der Waals surface area contributed by atoms with Crippen molar-refractivity contribution in [2.24, 2.45) is 5.73 Å². The van der Waals surface area contributed by atoms with Crippen LogP contribution in [0.1, 0.15) is 45.8 Å². The van der Waals surface area contributed by atoms with E-state index in [0.29, 0.717) is 48.6 Å². The number of nitrogens with two attached hydrogens (primary N) is 1. The van der Waals surface area contributed by atoms with E-state index in [9.17, 15) is 14.4 Å². The zero-order valence-corrected chi connectivity index (χ0v) is 19.4. The lowest BCUT2D eigenvalue weighted by Crippen LogP contribution is -2.39. The van der Waals surface area contributed by atoms with Gasteiger partial charge in [0.1, 0.15) is 11.4 Å². The average molecular weight is 478 g/mol. The molecule has 2 heterocycles. The number of nitrogens with one attached hydrogen (secondary N) is 1. The van der Waals surface area contributed by atoms with E-state index in [0.717, 1.165) is 17.8 Å². The van der Waals surface area contributed by atoms with Gasteiger partial charge in [0, 0.05) is 36.4 Å². The molecule has 10 nitrogen and oxygen atoms in total. The third-order valence-electron chi connectivity index (χ3n) is 5.89. The maximum absolute atomic E-state index is 13.6. The van der Waals surface area contributed by atoms with Crippen LogP contribution in [0.4, 0.5) is 11.4 Å². The van der Waals surface area contributed by atoms with E-state index in [4.69, 9.17) is 15.6 Å². The van der Waals surface area contributed by atoms with Gasteiger partial charge in [0.15, 0.2) is 5.69 Å². The van der Waals surface area contributed by atoms with E-state index in [1.165, 1.54) is 4.68 Å². The lowest BCUT2D eigenvalue weighted by atomic mass is 10.0. The van der Waals surface area contributed by atoms with Crippen LogP contribution in [0, 0.1) is 0 Å².